The number of rotatable bonds is 6. The monoisotopic (exact) mass is 404 g/mol. The Morgan fingerprint density at radius 2 is 1.00 bits per heavy atom. The Morgan fingerprint density at radius 3 is 1.33 bits per heavy atom. The maximum Gasteiger partial charge on any atom is 0.335 e. The second-order valence-electron chi connectivity index (χ2n) is 6.19. The van der Waals surface area contributed by atoms with Gasteiger partial charge in [-0.1, -0.05) is 0 Å². The molecule has 3 aromatic carbocycles. The van der Waals surface area contributed by atoms with Gasteiger partial charge in [0, 0.05) is 23.6 Å². The molecule has 8 heteroatoms. The number of phenols is 2. The van der Waals surface area contributed by atoms with Crippen LogP contribution in [0.5, 0.6) is 11.5 Å². The Labute approximate surface area is 170 Å². The summed E-state index contributed by atoms with van der Waals surface area (Å²) in [6.07, 6.45) is 2.71. The number of carbonyl (C=O) groups is 2. The number of hydrogen-bond acceptors (Lipinski definition) is 6. The predicted octanol–water partition coefficient (Wildman–Crippen LogP) is 4.00. The topological polar surface area (TPSA) is 140 Å². The summed E-state index contributed by atoms with van der Waals surface area (Å²) in [5, 5.41) is 37.7. The second kappa shape index (κ2) is 8.70. The van der Waals surface area contributed by atoms with E-state index < -0.39 is 11.9 Å². The van der Waals surface area contributed by atoms with Crippen LogP contribution in [0.2, 0.25) is 0 Å². The number of aromatic carboxylic acids is 2. The molecule has 0 amide bonds. The van der Waals surface area contributed by atoms with Crippen LogP contribution in [0.15, 0.2) is 70.6 Å². The van der Waals surface area contributed by atoms with Crippen molar-refractivity contribution in [2.75, 3.05) is 0 Å². The molecule has 0 bridgehead atoms. The third-order valence-electron chi connectivity index (χ3n) is 4.10. The molecule has 3 aromatic rings. The minimum Gasteiger partial charge on any atom is -0.507 e. The molecule has 0 aliphatic heterocycles. The van der Waals surface area contributed by atoms with Crippen LogP contribution in [0.3, 0.4) is 0 Å². The van der Waals surface area contributed by atoms with Gasteiger partial charge in [-0.3, -0.25) is 9.98 Å². The number of benzene rings is 3. The van der Waals surface area contributed by atoms with Gasteiger partial charge in [0.25, 0.3) is 0 Å². The predicted molar refractivity (Wildman–Crippen MR) is 111 cm³/mol. The number of aliphatic imine (C=N–C) groups is 2. The Kier molecular flexibility index (Phi) is 5.88. The van der Waals surface area contributed by atoms with E-state index in [1.165, 1.54) is 48.8 Å². The molecule has 0 spiro atoms. The van der Waals surface area contributed by atoms with Crippen molar-refractivity contribution in [2.24, 2.45) is 9.98 Å². The molecule has 30 heavy (non-hydrogen) atoms. The van der Waals surface area contributed by atoms with Crippen LogP contribution in [0.25, 0.3) is 0 Å². The Morgan fingerprint density at radius 1 is 0.633 bits per heavy atom. The van der Waals surface area contributed by atoms with Gasteiger partial charge < -0.3 is 20.4 Å². The minimum absolute atomic E-state index is 0.0363. The summed E-state index contributed by atoms with van der Waals surface area (Å²) in [6.45, 7) is 0. The first kappa shape index (κ1) is 20.3. The van der Waals surface area contributed by atoms with Crippen molar-refractivity contribution in [3.8, 4) is 11.5 Å². The van der Waals surface area contributed by atoms with Crippen molar-refractivity contribution in [1.29, 1.82) is 0 Å². The van der Waals surface area contributed by atoms with Crippen LogP contribution >= 0.6 is 0 Å². The van der Waals surface area contributed by atoms with E-state index in [1.54, 1.807) is 24.3 Å². The molecule has 0 aromatic heterocycles. The van der Waals surface area contributed by atoms with Gasteiger partial charge in [0.15, 0.2) is 0 Å². The van der Waals surface area contributed by atoms with Gasteiger partial charge in [0.05, 0.1) is 22.5 Å². The molecule has 0 atom stereocenters. The molecule has 0 aliphatic rings. The zero-order valence-electron chi connectivity index (χ0n) is 15.4. The largest absolute Gasteiger partial charge is 0.507 e. The maximum atomic E-state index is 11.0. The molecule has 4 N–H and O–H groups in total. The number of nitrogens with zero attached hydrogens (tertiary/aromatic N) is 2. The van der Waals surface area contributed by atoms with E-state index in [9.17, 15) is 19.8 Å². The molecular weight excluding hydrogens is 388 g/mol. The summed E-state index contributed by atoms with van der Waals surface area (Å²) in [5.41, 5.74) is 1.70. The SMILES string of the molecule is O=C(O)c1ccc(O)c(C=Nc2ccc(N=Cc3cc(C(=O)O)ccc3O)cc2)c1. The van der Waals surface area contributed by atoms with E-state index >= 15 is 0 Å². The third-order valence-corrected chi connectivity index (χ3v) is 4.10. The average Bonchev–Trinajstić information content (AvgIpc) is 2.73. The summed E-state index contributed by atoms with van der Waals surface area (Å²) in [7, 11) is 0. The summed E-state index contributed by atoms with van der Waals surface area (Å²) in [5.74, 6) is -2.39. The van der Waals surface area contributed by atoms with Gasteiger partial charge in [-0.25, -0.2) is 9.59 Å². The van der Waals surface area contributed by atoms with Crippen LogP contribution in [-0.2, 0) is 0 Å². The van der Waals surface area contributed by atoms with Crippen molar-refractivity contribution in [1.82, 2.24) is 0 Å². The molecule has 0 heterocycles. The fraction of sp³-hybridized carbons (Fsp3) is 0. The lowest BCUT2D eigenvalue weighted by Crippen LogP contribution is -1.97. The van der Waals surface area contributed by atoms with Crippen LogP contribution < -0.4 is 0 Å². The molecule has 0 saturated heterocycles. The smallest absolute Gasteiger partial charge is 0.335 e. The highest BCUT2D eigenvalue weighted by Crippen LogP contribution is 2.22. The standard InChI is InChI=1S/C22H16N2O6/c25-19-7-1-13(21(27)28)9-15(19)11-23-17-3-5-18(6-4-17)24-12-16-10-14(22(29)30)2-8-20(16)26/h1-12,25-26H,(H,27,28)(H,29,30). The van der Waals surface area contributed by atoms with Crippen LogP contribution in [0.4, 0.5) is 11.4 Å². The Bertz CT molecular complexity index is 1070. The highest BCUT2D eigenvalue weighted by molar-refractivity contribution is 5.94. The highest BCUT2D eigenvalue weighted by atomic mass is 16.4. The van der Waals surface area contributed by atoms with Crippen LogP contribution in [-0.4, -0.2) is 44.8 Å². The van der Waals surface area contributed by atoms with Gasteiger partial charge in [-0.15, -0.1) is 0 Å². The highest BCUT2D eigenvalue weighted by Gasteiger charge is 2.07. The Balaban J connectivity index is 1.76. The molecule has 3 rings (SSSR count). The maximum absolute atomic E-state index is 11.0. The zero-order valence-corrected chi connectivity index (χ0v) is 15.4. The van der Waals surface area contributed by atoms with Crippen LogP contribution in [0, 0.1) is 0 Å². The number of phenolic OH excluding ortho intramolecular Hbond substituents is 2. The van der Waals surface area contributed by atoms with E-state index in [2.05, 4.69) is 9.98 Å². The first-order chi connectivity index (χ1) is 14.3. The number of carboxylic acid groups (broad SMARTS) is 2. The summed E-state index contributed by atoms with van der Waals surface area (Å²) in [6, 6.07) is 14.5. The summed E-state index contributed by atoms with van der Waals surface area (Å²) in [4.78, 5) is 30.5. The molecule has 0 fully saturated rings. The van der Waals surface area contributed by atoms with Crippen molar-refractivity contribution >= 4 is 35.7 Å². The van der Waals surface area contributed by atoms with Gasteiger partial charge in [0.2, 0.25) is 0 Å². The summed E-state index contributed by atoms with van der Waals surface area (Å²) < 4.78 is 0. The van der Waals surface area contributed by atoms with Crippen molar-refractivity contribution in [3.05, 3.63) is 82.9 Å². The second-order valence-corrected chi connectivity index (χ2v) is 6.19. The van der Waals surface area contributed by atoms with E-state index in [-0.39, 0.29) is 33.8 Å². The lowest BCUT2D eigenvalue weighted by molar-refractivity contribution is 0.0686. The first-order valence-electron chi connectivity index (χ1n) is 8.64. The molecule has 150 valence electrons. The first-order valence-corrected chi connectivity index (χ1v) is 8.64. The van der Waals surface area contributed by atoms with E-state index in [1.807, 2.05) is 0 Å². The normalized spacial score (nSPS) is 11.2. The fourth-order valence-corrected chi connectivity index (χ4v) is 2.49. The zero-order chi connectivity index (χ0) is 21.7. The third kappa shape index (κ3) is 4.87. The molecule has 0 saturated carbocycles. The van der Waals surface area contributed by atoms with Gasteiger partial charge in [-0.2, -0.15) is 0 Å². The number of hydrogen-bond donors (Lipinski definition) is 4. The van der Waals surface area contributed by atoms with E-state index in [0.717, 1.165) is 0 Å². The molecule has 0 aliphatic carbocycles. The van der Waals surface area contributed by atoms with Crippen molar-refractivity contribution in [2.45, 2.75) is 0 Å². The van der Waals surface area contributed by atoms with E-state index in [4.69, 9.17) is 10.2 Å². The quantitative estimate of drug-likeness (QED) is 0.458. The number of aromatic hydroxyl groups is 2. The molecular formula is C22H16N2O6. The van der Waals surface area contributed by atoms with Gasteiger partial charge in [0.1, 0.15) is 11.5 Å². The molecule has 0 radical (unpaired) electrons. The van der Waals surface area contributed by atoms with Crippen molar-refractivity contribution in [3.63, 3.8) is 0 Å². The molecule has 0 unspecified atom stereocenters. The van der Waals surface area contributed by atoms with Crippen LogP contribution in [0.1, 0.15) is 31.8 Å². The Hall–Kier alpha value is -4.46. The average molecular weight is 404 g/mol. The lowest BCUT2D eigenvalue weighted by Gasteiger charge is -2.02. The molecule has 8 nitrogen and oxygen atoms in total. The summed E-state index contributed by atoms with van der Waals surface area (Å²) >= 11 is 0. The fourth-order valence-electron chi connectivity index (χ4n) is 2.49. The van der Waals surface area contributed by atoms with Gasteiger partial charge >= 0.3 is 11.9 Å². The van der Waals surface area contributed by atoms with Gasteiger partial charge in [-0.05, 0) is 60.7 Å². The van der Waals surface area contributed by atoms with Crippen molar-refractivity contribution < 1.29 is 30.0 Å². The minimum atomic E-state index is -1.10. The number of carboxylic acids is 2. The van der Waals surface area contributed by atoms with E-state index in [0.29, 0.717) is 11.4 Å². The lowest BCUT2D eigenvalue weighted by atomic mass is 10.1.